The molecule has 6 fully saturated rings. The van der Waals surface area contributed by atoms with Crippen LogP contribution < -0.4 is 32.1 Å². The summed E-state index contributed by atoms with van der Waals surface area (Å²) in [6.07, 6.45) is 6.12. The van der Waals surface area contributed by atoms with Gasteiger partial charge in [0, 0.05) is 87.9 Å². The number of hydrogen-bond acceptors (Lipinski definition) is 13. The molecule has 1 aromatic heterocycles. The summed E-state index contributed by atoms with van der Waals surface area (Å²) in [6.45, 7) is 11.6. The summed E-state index contributed by atoms with van der Waals surface area (Å²) < 4.78 is 6.57. The predicted molar refractivity (Wildman–Crippen MR) is 156 cm³/mol. The Hall–Kier alpha value is -0.810. The van der Waals surface area contributed by atoms with Crippen LogP contribution in [0, 0.1) is 11.8 Å². The molecule has 8 unspecified atom stereocenters. The molecule has 7 rings (SSSR count). The second-order valence-corrected chi connectivity index (χ2v) is 14.0. The number of hydrogen-bond donors (Lipinski definition) is 6. The van der Waals surface area contributed by atoms with Crippen LogP contribution in [-0.4, -0.2) is 128 Å². The lowest BCUT2D eigenvalue weighted by Crippen LogP contribution is -2.67. The zero-order chi connectivity index (χ0) is 27.2. The quantitative estimate of drug-likeness (QED) is 0.269. The van der Waals surface area contributed by atoms with Crippen molar-refractivity contribution in [1.29, 1.82) is 0 Å². The first-order valence-corrected chi connectivity index (χ1v) is 16.3. The molecule has 9 atom stereocenters. The smallest absolute Gasteiger partial charge is 0.129 e. The summed E-state index contributed by atoms with van der Waals surface area (Å²) in [5, 5.41) is 21.4. The summed E-state index contributed by atoms with van der Waals surface area (Å²) in [7, 11) is 4.32. The van der Waals surface area contributed by atoms with Crippen LogP contribution in [0.15, 0.2) is 6.20 Å². The number of nitrogens with zero attached hydrogens (tertiary/aromatic N) is 5. The molecule has 0 spiro atoms. The van der Waals surface area contributed by atoms with Gasteiger partial charge >= 0.3 is 0 Å². The number of rotatable bonds is 3. The summed E-state index contributed by atoms with van der Waals surface area (Å²) in [4.78, 5) is 11.4. The van der Waals surface area contributed by atoms with Crippen LogP contribution in [0.3, 0.4) is 0 Å². The summed E-state index contributed by atoms with van der Waals surface area (Å²) in [5.74, 6) is 0.837. The van der Waals surface area contributed by atoms with Gasteiger partial charge in [0.1, 0.15) is 11.2 Å². The normalized spacial score (nSPS) is 42.5. The summed E-state index contributed by atoms with van der Waals surface area (Å²) in [5.41, 5.74) is 7.48. The van der Waals surface area contributed by atoms with Gasteiger partial charge in [-0.2, -0.15) is 0 Å². The van der Waals surface area contributed by atoms with Crippen LogP contribution in [0.25, 0.3) is 0 Å². The van der Waals surface area contributed by atoms with Gasteiger partial charge in [-0.3, -0.25) is 21.0 Å². The lowest BCUT2D eigenvalue weighted by Gasteiger charge is -2.43. The van der Waals surface area contributed by atoms with E-state index in [-0.39, 0.29) is 30.8 Å². The Kier molecular flexibility index (Phi) is 8.44. The Morgan fingerprint density at radius 2 is 1.90 bits per heavy atom. The van der Waals surface area contributed by atoms with E-state index in [4.69, 9.17) is 9.72 Å². The monoisotopic (exact) mass is 575 g/mol. The largest absolute Gasteiger partial charge is 0.361 e. The molecule has 40 heavy (non-hydrogen) atoms. The van der Waals surface area contributed by atoms with Crippen molar-refractivity contribution in [3.05, 3.63) is 16.1 Å². The van der Waals surface area contributed by atoms with Crippen molar-refractivity contribution in [3.63, 3.8) is 0 Å². The van der Waals surface area contributed by atoms with E-state index in [1.165, 1.54) is 9.88 Å². The minimum atomic E-state index is 0.0533. The highest BCUT2D eigenvalue weighted by molar-refractivity contribution is 7.11. The standard InChI is InChI=1S/C27H49N11OS/c1-17-5-11-39-27-20(15-31-36(27)3)25-28-6-4-22(33-25)32-23-12-21-19(14-29-23)24(34-38(17)21)26-30-13-18(40-26)16-37-9-7-35(2)8-10-37/h13,17,19-25,27-29,31-34H,4-12,14-16H2,1-3H3/t17-,19?,20?,21?,22?,23?,24?,25?,27?/m0/s1. The summed E-state index contributed by atoms with van der Waals surface area (Å²) in [6, 6.07) is 1.07. The minimum Gasteiger partial charge on any atom is -0.361 e. The molecular weight excluding hydrogens is 526 g/mol. The Balaban J connectivity index is 1.08. The number of thiazole rings is 1. The fraction of sp³-hybridized carbons (Fsp3) is 0.889. The molecule has 12 nitrogen and oxygen atoms in total. The number of piperidine rings is 1. The van der Waals surface area contributed by atoms with Crippen molar-refractivity contribution in [1.82, 2.24) is 56.9 Å². The van der Waals surface area contributed by atoms with Crippen LogP contribution in [0.2, 0.25) is 0 Å². The fourth-order valence-corrected chi connectivity index (χ4v) is 8.73. The number of piperazine rings is 1. The van der Waals surface area contributed by atoms with Crippen LogP contribution in [0.1, 0.15) is 42.1 Å². The van der Waals surface area contributed by atoms with E-state index in [0.29, 0.717) is 23.9 Å². The number of aromatic nitrogens is 1. The van der Waals surface area contributed by atoms with Crippen molar-refractivity contribution < 1.29 is 4.74 Å². The molecule has 0 saturated carbocycles. The van der Waals surface area contributed by atoms with E-state index in [1.54, 1.807) is 0 Å². The van der Waals surface area contributed by atoms with E-state index < -0.39 is 0 Å². The van der Waals surface area contributed by atoms with Crippen LogP contribution >= 0.6 is 11.3 Å². The van der Waals surface area contributed by atoms with E-state index >= 15 is 0 Å². The van der Waals surface area contributed by atoms with Gasteiger partial charge in [-0.25, -0.2) is 20.4 Å². The summed E-state index contributed by atoms with van der Waals surface area (Å²) >= 11 is 1.91. The highest BCUT2D eigenvalue weighted by atomic mass is 32.1. The van der Waals surface area contributed by atoms with Crippen LogP contribution in [0.5, 0.6) is 0 Å². The molecule has 0 aliphatic carbocycles. The molecule has 13 heteroatoms. The first kappa shape index (κ1) is 28.0. The van der Waals surface area contributed by atoms with Gasteiger partial charge in [0.25, 0.3) is 0 Å². The van der Waals surface area contributed by atoms with Crippen LogP contribution in [0.4, 0.5) is 0 Å². The molecule has 6 N–H and O–H groups in total. The fourth-order valence-electron chi connectivity index (χ4n) is 7.65. The molecule has 1 aromatic rings. The van der Waals surface area contributed by atoms with Gasteiger partial charge in [0.2, 0.25) is 0 Å². The second kappa shape index (κ2) is 12.1. The van der Waals surface area contributed by atoms with Crippen molar-refractivity contribution in [2.45, 2.75) is 75.6 Å². The molecule has 0 radical (unpaired) electrons. The van der Waals surface area contributed by atoms with E-state index in [2.05, 4.69) is 79.2 Å². The highest BCUT2D eigenvalue weighted by Gasteiger charge is 2.49. The molecule has 0 amide bonds. The Bertz CT molecular complexity index is 991. The van der Waals surface area contributed by atoms with E-state index in [1.807, 2.05) is 11.3 Å². The van der Waals surface area contributed by atoms with E-state index in [9.17, 15) is 0 Å². The topological polar surface area (TPSA) is 107 Å². The van der Waals surface area contributed by atoms with Gasteiger partial charge in [0.15, 0.2) is 0 Å². The van der Waals surface area contributed by atoms with Crippen molar-refractivity contribution in [2.75, 3.05) is 66.5 Å². The predicted octanol–water partition coefficient (Wildman–Crippen LogP) is -0.918. The molecule has 7 heterocycles. The average Bonchev–Trinajstić information content (AvgIpc) is 3.67. The van der Waals surface area contributed by atoms with Crippen LogP contribution in [-0.2, 0) is 11.3 Å². The van der Waals surface area contributed by atoms with Gasteiger partial charge in [-0.1, -0.05) is 0 Å². The third-order valence-corrected chi connectivity index (χ3v) is 11.2. The molecular formula is C27H49N11OS. The number of fused-ring (bicyclic) bond motifs is 5. The van der Waals surface area contributed by atoms with Crippen molar-refractivity contribution >= 4 is 11.3 Å². The maximum Gasteiger partial charge on any atom is 0.129 e. The first-order valence-electron chi connectivity index (χ1n) is 15.5. The zero-order valence-corrected chi connectivity index (χ0v) is 25.1. The molecule has 4 bridgehead atoms. The molecule has 6 aliphatic heterocycles. The maximum absolute atomic E-state index is 6.57. The first-order chi connectivity index (χ1) is 19.5. The average molecular weight is 576 g/mol. The molecule has 0 aromatic carbocycles. The van der Waals surface area contributed by atoms with E-state index in [0.717, 1.165) is 78.2 Å². The SMILES string of the molecule is C[C@H]1CCOC2C(CNN2C)C2NCCC(NC3CC4C(CN3)C(c3ncc(CN5CCN(C)CC5)s3)NN41)N2. The molecule has 6 aliphatic rings. The third kappa shape index (κ3) is 5.73. The molecule has 224 valence electrons. The zero-order valence-electron chi connectivity index (χ0n) is 24.3. The Labute approximate surface area is 242 Å². The lowest BCUT2D eigenvalue weighted by molar-refractivity contribution is -0.0791. The van der Waals surface area contributed by atoms with Gasteiger partial charge < -0.3 is 20.3 Å². The van der Waals surface area contributed by atoms with Crippen molar-refractivity contribution in [3.8, 4) is 0 Å². The molecule has 6 saturated heterocycles. The maximum atomic E-state index is 6.57. The second-order valence-electron chi connectivity index (χ2n) is 12.8. The lowest BCUT2D eigenvalue weighted by atomic mass is 9.87. The Morgan fingerprint density at radius 1 is 1.02 bits per heavy atom. The number of nitrogens with one attached hydrogen (secondary N) is 6. The van der Waals surface area contributed by atoms with Gasteiger partial charge in [-0.15, -0.1) is 11.3 Å². The third-order valence-electron chi connectivity index (χ3n) is 10.1. The minimum absolute atomic E-state index is 0.0533. The van der Waals surface area contributed by atoms with Crippen molar-refractivity contribution in [2.24, 2.45) is 11.8 Å². The number of ether oxygens (including phenoxy) is 1. The van der Waals surface area contributed by atoms with Gasteiger partial charge in [-0.05, 0) is 39.8 Å². The highest BCUT2D eigenvalue weighted by Crippen LogP contribution is 2.40. The Morgan fingerprint density at radius 3 is 2.77 bits per heavy atom. The number of likely N-dealkylation sites (N-methyl/N-ethyl adjacent to an activating group) is 1. The van der Waals surface area contributed by atoms with Gasteiger partial charge in [0.05, 0.1) is 31.1 Å². The number of hydrazine groups is 2.